The van der Waals surface area contributed by atoms with Crippen LogP contribution in [0.2, 0.25) is 0 Å². The normalized spacial score (nSPS) is 10.7. The molecule has 5 heteroatoms. The first kappa shape index (κ1) is 17.5. The molecule has 1 heterocycles. The quantitative estimate of drug-likeness (QED) is 0.664. The number of carbonyl (C=O) groups excluding carboxylic acids is 3. The first-order chi connectivity index (χ1) is 12.3. The first-order valence-electron chi connectivity index (χ1n) is 8.05. The Morgan fingerprint density at radius 3 is 2.00 bits per heavy atom. The number of hydrogen-bond donors (Lipinski definition) is 0. The molecule has 3 rings (SSSR count). The second-order valence-electron chi connectivity index (χ2n) is 6.03. The van der Waals surface area contributed by atoms with E-state index in [9.17, 15) is 19.2 Å². The van der Waals surface area contributed by atoms with Crippen LogP contribution in [0, 0.1) is 0 Å². The van der Waals surface area contributed by atoms with Gasteiger partial charge in [0.2, 0.25) is 5.43 Å². The third-order valence-electron chi connectivity index (χ3n) is 4.17. The van der Waals surface area contributed by atoms with Gasteiger partial charge in [-0.1, -0.05) is 30.3 Å². The number of hydrogen-bond acceptors (Lipinski definition) is 5. The van der Waals surface area contributed by atoms with E-state index < -0.39 is 17.0 Å². The predicted molar refractivity (Wildman–Crippen MR) is 97.9 cm³/mol. The molecule has 26 heavy (non-hydrogen) atoms. The van der Waals surface area contributed by atoms with Crippen molar-refractivity contribution in [2.75, 3.05) is 0 Å². The zero-order chi connectivity index (χ0) is 19.0. The van der Waals surface area contributed by atoms with Crippen LogP contribution in [0.15, 0.2) is 51.7 Å². The van der Waals surface area contributed by atoms with Crippen LogP contribution in [0.4, 0.5) is 0 Å². The van der Waals surface area contributed by atoms with E-state index in [0.29, 0.717) is 5.56 Å². The number of carbonyl (C=O) groups is 3. The molecule has 0 atom stereocenters. The van der Waals surface area contributed by atoms with Gasteiger partial charge in [0, 0.05) is 18.1 Å². The van der Waals surface area contributed by atoms with Crippen LogP contribution in [0.1, 0.15) is 52.0 Å². The van der Waals surface area contributed by atoms with E-state index in [1.54, 1.807) is 30.3 Å². The summed E-state index contributed by atoms with van der Waals surface area (Å²) in [5, 5.41) is 0.0223. The molecule has 0 amide bonds. The molecule has 0 aliphatic heterocycles. The average Bonchev–Trinajstić information content (AvgIpc) is 2.60. The van der Waals surface area contributed by atoms with Crippen molar-refractivity contribution >= 4 is 28.3 Å². The van der Waals surface area contributed by atoms with E-state index in [2.05, 4.69) is 0 Å². The van der Waals surface area contributed by atoms with Crippen molar-refractivity contribution in [2.24, 2.45) is 0 Å². The Hall–Kier alpha value is -3.34. The highest BCUT2D eigenvalue weighted by atomic mass is 16.3. The van der Waals surface area contributed by atoms with Gasteiger partial charge in [-0.2, -0.15) is 0 Å². The van der Waals surface area contributed by atoms with Crippen LogP contribution in [0.3, 0.4) is 0 Å². The van der Waals surface area contributed by atoms with Crippen LogP contribution in [0.5, 0.6) is 0 Å². The SMILES string of the molecule is CC(=O)c1ccc2oc(C(C)=O)c(-c3ccccc3)c(=O)c2c1C(C)=O. The van der Waals surface area contributed by atoms with Gasteiger partial charge in [0.1, 0.15) is 5.58 Å². The molecule has 0 N–H and O–H groups in total. The van der Waals surface area contributed by atoms with Crippen molar-refractivity contribution < 1.29 is 18.8 Å². The van der Waals surface area contributed by atoms with Crippen molar-refractivity contribution in [3.05, 3.63) is 69.6 Å². The smallest absolute Gasteiger partial charge is 0.202 e. The van der Waals surface area contributed by atoms with E-state index in [1.165, 1.54) is 32.9 Å². The molecule has 2 aromatic carbocycles. The highest BCUT2D eigenvalue weighted by molar-refractivity contribution is 6.15. The Morgan fingerprint density at radius 2 is 1.46 bits per heavy atom. The lowest BCUT2D eigenvalue weighted by Crippen LogP contribution is -2.16. The molecular formula is C21H16O5. The summed E-state index contributed by atoms with van der Waals surface area (Å²) in [6.45, 7) is 3.94. The predicted octanol–water partition coefficient (Wildman–Crippen LogP) is 4.07. The summed E-state index contributed by atoms with van der Waals surface area (Å²) in [6, 6.07) is 11.5. The van der Waals surface area contributed by atoms with Crippen LogP contribution >= 0.6 is 0 Å². The molecular weight excluding hydrogens is 332 g/mol. The number of benzene rings is 2. The van der Waals surface area contributed by atoms with Crippen LogP contribution in [-0.2, 0) is 0 Å². The van der Waals surface area contributed by atoms with Gasteiger partial charge in [0.15, 0.2) is 23.1 Å². The van der Waals surface area contributed by atoms with E-state index in [-0.39, 0.29) is 39.2 Å². The van der Waals surface area contributed by atoms with Crippen molar-refractivity contribution in [2.45, 2.75) is 20.8 Å². The number of rotatable bonds is 4. The molecule has 0 spiro atoms. The van der Waals surface area contributed by atoms with E-state index in [0.717, 1.165) is 0 Å². The summed E-state index contributed by atoms with van der Waals surface area (Å²) < 4.78 is 5.70. The van der Waals surface area contributed by atoms with Crippen molar-refractivity contribution in [3.63, 3.8) is 0 Å². The van der Waals surface area contributed by atoms with Gasteiger partial charge in [-0.25, -0.2) is 0 Å². The second-order valence-corrected chi connectivity index (χ2v) is 6.03. The Balaban J connectivity index is 2.57. The van der Waals surface area contributed by atoms with E-state index >= 15 is 0 Å². The average molecular weight is 348 g/mol. The van der Waals surface area contributed by atoms with Gasteiger partial charge < -0.3 is 4.42 Å². The third kappa shape index (κ3) is 2.77. The van der Waals surface area contributed by atoms with Gasteiger partial charge in [0.05, 0.1) is 10.9 Å². The summed E-state index contributed by atoms with van der Waals surface area (Å²) in [4.78, 5) is 49.5. The highest BCUT2D eigenvalue weighted by Crippen LogP contribution is 2.28. The van der Waals surface area contributed by atoms with Crippen LogP contribution in [-0.4, -0.2) is 17.3 Å². The molecule has 1 aromatic heterocycles. The second kappa shape index (κ2) is 6.52. The minimum absolute atomic E-state index is 0.0223. The summed E-state index contributed by atoms with van der Waals surface area (Å²) >= 11 is 0. The van der Waals surface area contributed by atoms with Crippen molar-refractivity contribution in [3.8, 4) is 11.1 Å². The molecule has 0 bridgehead atoms. The van der Waals surface area contributed by atoms with Crippen molar-refractivity contribution in [1.82, 2.24) is 0 Å². The van der Waals surface area contributed by atoms with Gasteiger partial charge in [-0.05, 0) is 31.5 Å². The number of ketones is 3. The maximum absolute atomic E-state index is 13.3. The number of fused-ring (bicyclic) bond motifs is 1. The van der Waals surface area contributed by atoms with Gasteiger partial charge in [-0.15, -0.1) is 0 Å². The summed E-state index contributed by atoms with van der Waals surface area (Å²) in [5.74, 6) is -1.21. The van der Waals surface area contributed by atoms with Crippen LogP contribution < -0.4 is 5.43 Å². The van der Waals surface area contributed by atoms with E-state index in [1.807, 2.05) is 0 Å². The Morgan fingerprint density at radius 1 is 0.808 bits per heavy atom. The lowest BCUT2D eigenvalue weighted by molar-refractivity contribution is 0.0981. The van der Waals surface area contributed by atoms with Crippen LogP contribution in [0.25, 0.3) is 22.1 Å². The molecule has 5 nitrogen and oxygen atoms in total. The summed E-state index contributed by atoms with van der Waals surface area (Å²) in [5.41, 5.74) is 0.388. The molecule has 0 saturated carbocycles. The number of Topliss-reactive ketones (excluding diaryl/α,β-unsaturated/α-hetero) is 3. The Labute approximate surface area is 149 Å². The van der Waals surface area contributed by atoms with Gasteiger partial charge in [-0.3, -0.25) is 19.2 Å². The molecule has 130 valence electrons. The summed E-state index contributed by atoms with van der Waals surface area (Å²) in [7, 11) is 0. The minimum Gasteiger partial charge on any atom is -0.452 e. The van der Waals surface area contributed by atoms with Gasteiger partial charge >= 0.3 is 0 Å². The monoisotopic (exact) mass is 348 g/mol. The fourth-order valence-corrected chi connectivity index (χ4v) is 3.06. The molecule has 0 aliphatic carbocycles. The minimum atomic E-state index is -0.504. The molecule has 0 radical (unpaired) electrons. The van der Waals surface area contributed by atoms with E-state index in [4.69, 9.17) is 4.42 Å². The topological polar surface area (TPSA) is 81.4 Å². The molecule has 0 saturated heterocycles. The van der Waals surface area contributed by atoms with Crippen molar-refractivity contribution in [1.29, 1.82) is 0 Å². The zero-order valence-corrected chi connectivity index (χ0v) is 14.6. The lowest BCUT2D eigenvalue weighted by atomic mass is 9.93. The van der Waals surface area contributed by atoms with Gasteiger partial charge in [0.25, 0.3) is 0 Å². The largest absolute Gasteiger partial charge is 0.452 e. The fourth-order valence-electron chi connectivity index (χ4n) is 3.06. The molecule has 0 fully saturated rings. The third-order valence-corrected chi connectivity index (χ3v) is 4.17. The fraction of sp³-hybridized carbons (Fsp3) is 0.143. The standard InChI is InChI=1S/C21H16O5/c1-11(22)15-9-10-16-19(17(15)12(2)23)20(25)18(21(26-16)13(3)24)14-7-5-4-6-8-14/h4-10H,1-3H3. The molecule has 0 unspecified atom stereocenters. The maximum Gasteiger partial charge on any atom is 0.202 e. The summed E-state index contributed by atoms with van der Waals surface area (Å²) in [6.07, 6.45) is 0. The maximum atomic E-state index is 13.3. The highest BCUT2D eigenvalue weighted by Gasteiger charge is 2.24. The zero-order valence-electron chi connectivity index (χ0n) is 14.6. The Kier molecular flexibility index (Phi) is 4.38. The molecule has 0 aliphatic rings. The first-order valence-corrected chi connectivity index (χ1v) is 8.05. The molecule has 3 aromatic rings. The lowest BCUT2D eigenvalue weighted by Gasteiger charge is -2.12. The Bertz CT molecular complexity index is 1120.